The number of aromatic nitrogens is 3. The Morgan fingerprint density at radius 3 is 2.94 bits per heavy atom. The Hall–Kier alpha value is -1.56. The first-order valence-electron chi connectivity index (χ1n) is 4.84. The number of nitrogens with one attached hydrogen (secondary N) is 1. The highest BCUT2D eigenvalue weighted by Crippen LogP contribution is 2.08. The third-order valence-electron chi connectivity index (χ3n) is 2.48. The molecule has 0 aromatic carbocycles. The van der Waals surface area contributed by atoms with Crippen molar-refractivity contribution >= 4 is 23.3 Å². The van der Waals surface area contributed by atoms with Crippen LogP contribution in [-0.2, 0) is 6.54 Å². The summed E-state index contributed by atoms with van der Waals surface area (Å²) in [5.41, 5.74) is -0.0900. The number of rotatable bonds is 1. The smallest absolute Gasteiger partial charge is 0.201 e. The fourth-order valence-corrected chi connectivity index (χ4v) is 1.75. The molecule has 0 spiro atoms. The van der Waals surface area contributed by atoms with Crippen LogP contribution in [0, 0.1) is 17.6 Å². The average Bonchev–Trinajstić information content (AvgIpc) is 2.26. The van der Waals surface area contributed by atoms with Crippen LogP contribution in [0.2, 0.25) is 0 Å². The van der Waals surface area contributed by atoms with Crippen LogP contribution >= 0.6 is 12.2 Å². The second kappa shape index (κ2) is 3.79. The fourth-order valence-electron chi connectivity index (χ4n) is 1.48. The summed E-state index contributed by atoms with van der Waals surface area (Å²) in [6, 6.07) is 0. The molecule has 0 aliphatic rings. The number of hydrogen-bond donors (Lipinski definition) is 1. The normalized spacial score (nSPS) is 10.9. The van der Waals surface area contributed by atoms with Crippen LogP contribution in [0.3, 0.4) is 0 Å². The number of aromatic amines is 1. The van der Waals surface area contributed by atoms with Crippen molar-refractivity contribution in [3.05, 3.63) is 32.7 Å². The highest BCUT2D eigenvalue weighted by atomic mass is 32.1. The predicted molar refractivity (Wildman–Crippen MR) is 61.6 cm³/mol. The molecule has 1 N–H and O–H groups in total. The lowest BCUT2D eigenvalue weighted by atomic mass is 10.2. The SMILES string of the molecule is CCn1cc2c(=O)c(C)c(F)[nH]c2nc1=S. The Labute approximate surface area is 95.8 Å². The minimum Gasteiger partial charge on any atom is -0.323 e. The molecule has 2 heterocycles. The van der Waals surface area contributed by atoms with Gasteiger partial charge in [0.1, 0.15) is 5.65 Å². The molecule has 2 aromatic heterocycles. The summed E-state index contributed by atoms with van der Waals surface area (Å²) in [4.78, 5) is 18.2. The number of hydrogen-bond acceptors (Lipinski definition) is 3. The molecule has 2 rings (SSSR count). The van der Waals surface area contributed by atoms with E-state index in [1.54, 1.807) is 10.8 Å². The molecular weight excluding hydrogens is 229 g/mol. The molecule has 6 heteroatoms. The molecule has 0 bridgehead atoms. The van der Waals surface area contributed by atoms with E-state index < -0.39 is 5.95 Å². The van der Waals surface area contributed by atoms with Crippen molar-refractivity contribution in [2.45, 2.75) is 20.4 Å². The maximum absolute atomic E-state index is 13.3. The van der Waals surface area contributed by atoms with Gasteiger partial charge in [0.25, 0.3) is 0 Å². The number of pyridine rings is 1. The van der Waals surface area contributed by atoms with Gasteiger partial charge in [0.15, 0.2) is 11.4 Å². The van der Waals surface area contributed by atoms with E-state index in [0.717, 1.165) is 0 Å². The van der Waals surface area contributed by atoms with E-state index in [-0.39, 0.29) is 16.6 Å². The van der Waals surface area contributed by atoms with Crippen LogP contribution in [0.1, 0.15) is 12.5 Å². The zero-order chi connectivity index (χ0) is 11.9. The number of halogens is 1. The first-order valence-corrected chi connectivity index (χ1v) is 5.25. The summed E-state index contributed by atoms with van der Waals surface area (Å²) < 4.78 is 15.3. The zero-order valence-electron chi connectivity index (χ0n) is 8.87. The van der Waals surface area contributed by atoms with E-state index in [2.05, 4.69) is 9.97 Å². The molecule has 0 atom stereocenters. The lowest BCUT2D eigenvalue weighted by Gasteiger charge is -2.05. The quantitative estimate of drug-likeness (QED) is 0.611. The van der Waals surface area contributed by atoms with Crippen LogP contribution < -0.4 is 5.43 Å². The Morgan fingerprint density at radius 2 is 2.31 bits per heavy atom. The molecule has 0 aliphatic heterocycles. The van der Waals surface area contributed by atoms with Gasteiger partial charge in [-0.25, -0.2) is 4.98 Å². The minimum atomic E-state index is -0.659. The Kier molecular flexibility index (Phi) is 2.59. The van der Waals surface area contributed by atoms with E-state index in [1.165, 1.54) is 6.92 Å². The molecule has 0 saturated heterocycles. The Morgan fingerprint density at radius 1 is 1.62 bits per heavy atom. The van der Waals surface area contributed by atoms with Gasteiger partial charge >= 0.3 is 0 Å². The highest BCUT2D eigenvalue weighted by Gasteiger charge is 2.09. The molecule has 0 radical (unpaired) electrons. The van der Waals surface area contributed by atoms with E-state index in [0.29, 0.717) is 16.7 Å². The molecule has 2 aromatic rings. The molecule has 0 unspecified atom stereocenters. The van der Waals surface area contributed by atoms with Crippen molar-refractivity contribution in [3.8, 4) is 0 Å². The lowest BCUT2D eigenvalue weighted by molar-refractivity contribution is 0.576. The van der Waals surface area contributed by atoms with Gasteiger partial charge < -0.3 is 9.55 Å². The Bertz CT molecular complexity index is 674. The zero-order valence-corrected chi connectivity index (χ0v) is 9.69. The fraction of sp³-hybridized carbons (Fsp3) is 0.300. The van der Waals surface area contributed by atoms with Crippen molar-refractivity contribution in [3.63, 3.8) is 0 Å². The summed E-state index contributed by atoms with van der Waals surface area (Å²) in [5.74, 6) is -0.659. The van der Waals surface area contributed by atoms with E-state index >= 15 is 0 Å². The predicted octanol–water partition coefficient (Wildman–Crippen LogP) is 1.92. The second-order valence-electron chi connectivity index (χ2n) is 3.46. The molecule has 16 heavy (non-hydrogen) atoms. The molecule has 4 nitrogen and oxygen atoms in total. The van der Waals surface area contributed by atoms with E-state index in [9.17, 15) is 9.18 Å². The highest BCUT2D eigenvalue weighted by molar-refractivity contribution is 7.71. The van der Waals surface area contributed by atoms with E-state index in [1.807, 2.05) is 6.92 Å². The molecule has 84 valence electrons. The summed E-state index contributed by atoms with van der Waals surface area (Å²) in [5, 5.41) is 0.356. The van der Waals surface area contributed by atoms with Gasteiger partial charge in [-0.15, -0.1) is 0 Å². The van der Waals surface area contributed by atoms with Crippen LogP contribution in [0.15, 0.2) is 11.0 Å². The topological polar surface area (TPSA) is 50.7 Å². The van der Waals surface area contributed by atoms with Gasteiger partial charge in [0, 0.05) is 12.7 Å². The first kappa shape index (κ1) is 10.9. The van der Waals surface area contributed by atoms with Crippen molar-refractivity contribution in [1.29, 1.82) is 0 Å². The Balaban J connectivity index is 2.98. The van der Waals surface area contributed by atoms with Gasteiger partial charge in [-0.3, -0.25) is 4.79 Å². The molecular formula is C10H10FN3OS. The van der Waals surface area contributed by atoms with Gasteiger partial charge in [-0.05, 0) is 26.1 Å². The summed E-state index contributed by atoms with van der Waals surface area (Å²) in [6.45, 7) is 3.96. The standard InChI is InChI=1S/C10H10FN3OS/c1-3-14-4-6-7(15)5(2)8(11)12-9(6)13-10(14)16/h4H,3H2,1-2H3,(H,12,13,16). The summed E-state index contributed by atoms with van der Waals surface area (Å²) in [7, 11) is 0. The lowest BCUT2D eigenvalue weighted by Crippen LogP contribution is -2.13. The average molecular weight is 239 g/mol. The van der Waals surface area contributed by atoms with E-state index in [4.69, 9.17) is 12.2 Å². The van der Waals surface area contributed by atoms with Crippen molar-refractivity contribution in [1.82, 2.24) is 14.5 Å². The van der Waals surface area contributed by atoms with Crippen molar-refractivity contribution < 1.29 is 4.39 Å². The van der Waals surface area contributed by atoms with Crippen LogP contribution in [0.5, 0.6) is 0 Å². The third-order valence-corrected chi connectivity index (χ3v) is 2.80. The van der Waals surface area contributed by atoms with Gasteiger partial charge in [-0.1, -0.05) is 0 Å². The molecule has 0 amide bonds. The molecule has 0 fully saturated rings. The maximum atomic E-state index is 13.3. The van der Waals surface area contributed by atoms with Gasteiger partial charge in [-0.2, -0.15) is 4.39 Å². The van der Waals surface area contributed by atoms with Gasteiger partial charge in [0.2, 0.25) is 4.77 Å². The molecule has 0 saturated carbocycles. The van der Waals surface area contributed by atoms with Crippen molar-refractivity contribution in [2.75, 3.05) is 0 Å². The van der Waals surface area contributed by atoms with Crippen molar-refractivity contribution in [2.24, 2.45) is 0 Å². The maximum Gasteiger partial charge on any atom is 0.201 e. The largest absolute Gasteiger partial charge is 0.323 e. The number of aryl methyl sites for hydroxylation is 1. The minimum absolute atomic E-state index is 0.0640. The summed E-state index contributed by atoms with van der Waals surface area (Å²) >= 11 is 5.01. The third kappa shape index (κ3) is 1.55. The number of fused-ring (bicyclic) bond motifs is 1. The van der Waals surface area contributed by atoms with Crippen LogP contribution in [0.4, 0.5) is 4.39 Å². The second-order valence-corrected chi connectivity index (χ2v) is 3.83. The van der Waals surface area contributed by atoms with Gasteiger partial charge in [0.05, 0.1) is 10.9 Å². The monoisotopic (exact) mass is 239 g/mol. The van der Waals surface area contributed by atoms with Crippen LogP contribution in [-0.4, -0.2) is 14.5 Å². The molecule has 0 aliphatic carbocycles. The summed E-state index contributed by atoms with van der Waals surface area (Å²) in [6.07, 6.45) is 1.61. The first-order chi connectivity index (χ1) is 7.54. The van der Waals surface area contributed by atoms with Crippen LogP contribution in [0.25, 0.3) is 11.0 Å². The number of H-pyrrole nitrogens is 1. The number of nitrogens with zero attached hydrogens (tertiary/aromatic N) is 2.